The normalized spacial score (nSPS) is 25.5. The zero-order valence-corrected chi connectivity index (χ0v) is 18.0. The third kappa shape index (κ3) is 5.32. The van der Waals surface area contributed by atoms with Crippen molar-refractivity contribution < 1.29 is 44.1 Å². The third-order valence-corrected chi connectivity index (χ3v) is 5.11. The van der Waals surface area contributed by atoms with E-state index in [1.807, 2.05) is 24.3 Å². The van der Waals surface area contributed by atoms with Gasteiger partial charge in [0.25, 0.3) is 0 Å². The molecule has 0 aliphatic carbocycles. The molecule has 0 bridgehead atoms. The predicted molar refractivity (Wildman–Crippen MR) is 116 cm³/mol. The Kier molecular flexibility index (Phi) is 7.94. The van der Waals surface area contributed by atoms with Crippen molar-refractivity contribution in [1.82, 2.24) is 0 Å². The highest BCUT2D eigenvalue weighted by Crippen LogP contribution is 2.30. The minimum absolute atomic E-state index is 0.306. The van der Waals surface area contributed by atoms with Crippen molar-refractivity contribution in [2.45, 2.75) is 30.7 Å². The minimum atomic E-state index is -1.53. The number of aliphatic hydroxyl groups is 4. The van der Waals surface area contributed by atoms with Gasteiger partial charge in [-0.05, 0) is 35.4 Å². The lowest BCUT2D eigenvalue weighted by Gasteiger charge is -2.39. The molecule has 2 aromatic carbocycles. The molecule has 9 heteroatoms. The number of hydrogen-bond donors (Lipinski definition) is 4. The molecular formula is C23H28O9. The van der Waals surface area contributed by atoms with Crippen molar-refractivity contribution in [2.24, 2.45) is 0 Å². The zero-order valence-electron chi connectivity index (χ0n) is 18.0. The summed E-state index contributed by atoms with van der Waals surface area (Å²) in [4.78, 5) is 0. The second kappa shape index (κ2) is 10.7. The first-order chi connectivity index (χ1) is 15.4. The molecule has 1 heterocycles. The van der Waals surface area contributed by atoms with Gasteiger partial charge in [0.2, 0.25) is 6.29 Å². The molecular weight excluding hydrogens is 420 g/mol. The van der Waals surface area contributed by atoms with Gasteiger partial charge in [-0.1, -0.05) is 18.2 Å². The summed E-state index contributed by atoms with van der Waals surface area (Å²) in [6.45, 7) is -0.539. The highest BCUT2D eigenvalue weighted by molar-refractivity contribution is 5.72. The summed E-state index contributed by atoms with van der Waals surface area (Å²) < 4.78 is 27.0. The molecule has 4 N–H and O–H groups in total. The summed E-state index contributed by atoms with van der Waals surface area (Å²) in [5.74, 6) is 2.04. The summed E-state index contributed by atoms with van der Waals surface area (Å²) in [6, 6.07) is 10.6. The molecule has 1 aliphatic rings. The molecule has 1 aliphatic heterocycles. The van der Waals surface area contributed by atoms with E-state index >= 15 is 0 Å². The number of rotatable bonds is 8. The van der Waals surface area contributed by atoms with E-state index in [0.717, 1.165) is 11.1 Å². The fourth-order valence-corrected chi connectivity index (χ4v) is 3.32. The Labute approximate surface area is 186 Å². The van der Waals surface area contributed by atoms with Gasteiger partial charge in [0.1, 0.15) is 35.9 Å². The summed E-state index contributed by atoms with van der Waals surface area (Å²) in [6.07, 6.45) is -3.14. The highest BCUT2D eigenvalue weighted by Gasteiger charge is 2.44. The Bertz CT molecular complexity index is 928. The number of ether oxygens (including phenoxy) is 5. The minimum Gasteiger partial charge on any atom is -0.497 e. The fraction of sp³-hybridized carbons (Fsp3) is 0.391. The van der Waals surface area contributed by atoms with Gasteiger partial charge in [-0.3, -0.25) is 0 Å². The average molecular weight is 448 g/mol. The second-order valence-corrected chi connectivity index (χ2v) is 7.20. The summed E-state index contributed by atoms with van der Waals surface area (Å²) in [7, 11) is 4.64. The molecule has 9 nitrogen and oxygen atoms in total. The first kappa shape index (κ1) is 23.8. The molecule has 174 valence electrons. The maximum absolute atomic E-state index is 10.2. The van der Waals surface area contributed by atoms with Crippen LogP contribution in [-0.2, 0) is 4.74 Å². The van der Waals surface area contributed by atoms with Crippen LogP contribution in [0.15, 0.2) is 36.4 Å². The Morgan fingerprint density at radius 1 is 0.781 bits per heavy atom. The highest BCUT2D eigenvalue weighted by atomic mass is 16.7. The van der Waals surface area contributed by atoms with E-state index in [2.05, 4.69) is 0 Å². The first-order valence-electron chi connectivity index (χ1n) is 9.96. The maximum Gasteiger partial charge on any atom is 0.229 e. The van der Waals surface area contributed by atoms with Gasteiger partial charge in [0.05, 0.1) is 27.9 Å². The molecule has 3 rings (SSSR count). The van der Waals surface area contributed by atoms with Crippen molar-refractivity contribution in [2.75, 3.05) is 27.9 Å². The quantitative estimate of drug-likeness (QED) is 0.439. The number of hydrogen-bond acceptors (Lipinski definition) is 9. The van der Waals surface area contributed by atoms with Crippen molar-refractivity contribution in [3.05, 3.63) is 47.5 Å². The number of benzene rings is 2. The maximum atomic E-state index is 10.2. The first-order valence-corrected chi connectivity index (χ1v) is 9.96. The van der Waals surface area contributed by atoms with Crippen molar-refractivity contribution in [1.29, 1.82) is 0 Å². The summed E-state index contributed by atoms with van der Waals surface area (Å²) >= 11 is 0. The van der Waals surface area contributed by atoms with E-state index in [1.54, 1.807) is 38.5 Å². The molecule has 1 saturated heterocycles. The van der Waals surface area contributed by atoms with E-state index in [-0.39, 0.29) is 0 Å². The van der Waals surface area contributed by atoms with Gasteiger partial charge in [-0.2, -0.15) is 0 Å². The van der Waals surface area contributed by atoms with Gasteiger partial charge in [-0.25, -0.2) is 0 Å². The van der Waals surface area contributed by atoms with Gasteiger partial charge in [-0.15, -0.1) is 0 Å². The van der Waals surface area contributed by atoms with Gasteiger partial charge >= 0.3 is 0 Å². The van der Waals surface area contributed by atoms with Crippen molar-refractivity contribution in [3.63, 3.8) is 0 Å². The summed E-state index contributed by atoms with van der Waals surface area (Å²) in [5, 5.41) is 39.4. The summed E-state index contributed by atoms with van der Waals surface area (Å²) in [5.41, 5.74) is 1.61. The molecule has 0 spiro atoms. The monoisotopic (exact) mass is 448 g/mol. The van der Waals surface area contributed by atoms with Crippen LogP contribution in [0.3, 0.4) is 0 Å². The molecule has 32 heavy (non-hydrogen) atoms. The third-order valence-electron chi connectivity index (χ3n) is 5.11. The van der Waals surface area contributed by atoms with Gasteiger partial charge in [0, 0.05) is 6.07 Å². The Hall–Kier alpha value is -2.82. The molecule has 0 aromatic heterocycles. The van der Waals surface area contributed by atoms with E-state index in [0.29, 0.717) is 23.0 Å². The fourth-order valence-electron chi connectivity index (χ4n) is 3.32. The molecule has 5 atom stereocenters. The lowest BCUT2D eigenvalue weighted by Crippen LogP contribution is -2.60. The molecule has 2 aromatic rings. The predicted octanol–water partition coefficient (Wildman–Crippen LogP) is 1.06. The van der Waals surface area contributed by atoms with Gasteiger partial charge < -0.3 is 44.1 Å². The average Bonchev–Trinajstić information content (AvgIpc) is 2.82. The number of methoxy groups -OCH3 is 3. The topological polar surface area (TPSA) is 127 Å². The Morgan fingerprint density at radius 2 is 1.47 bits per heavy atom. The molecule has 0 radical (unpaired) electrons. The SMILES string of the molecule is COc1cc(/C=C\c2ccc(OC)c(OC)c2)cc(O[C@H]2O[C@@H](CO)[C@@H](O)[C@@H](O)[C@H]2O)c1. The molecule has 1 fully saturated rings. The lowest BCUT2D eigenvalue weighted by molar-refractivity contribution is -0.277. The van der Waals surface area contributed by atoms with Crippen molar-refractivity contribution in [3.8, 4) is 23.0 Å². The smallest absolute Gasteiger partial charge is 0.229 e. The van der Waals surface area contributed by atoms with E-state index in [1.165, 1.54) is 7.11 Å². The van der Waals surface area contributed by atoms with Crippen molar-refractivity contribution >= 4 is 12.2 Å². The number of aliphatic hydroxyl groups excluding tert-OH is 4. The van der Waals surface area contributed by atoms with Crippen LogP contribution in [0, 0.1) is 0 Å². The van der Waals surface area contributed by atoms with Crippen LogP contribution >= 0.6 is 0 Å². The largest absolute Gasteiger partial charge is 0.497 e. The zero-order chi connectivity index (χ0) is 23.3. The van der Waals surface area contributed by atoms with Crippen LogP contribution in [0.4, 0.5) is 0 Å². The van der Waals surface area contributed by atoms with E-state index < -0.39 is 37.3 Å². The second-order valence-electron chi connectivity index (χ2n) is 7.20. The molecule has 0 amide bonds. The standard InChI is InChI=1S/C23H28O9/c1-28-15-8-14(5-4-13-6-7-17(29-2)18(10-13)30-3)9-16(11-15)31-23-22(27)21(26)20(25)19(12-24)32-23/h4-11,19-27H,12H2,1-3H3/b5-4-/t19-,20+,21+,22+,23-/m0/s1. The molecule has 0 unspecified atom stereocenters. The van der Waals surface area contributed by atoms with E-state index in [4.69, 9.17) is 23.7 Å². The van der Waals surface area contributed by atoms with Crippen LogP contribution in [0.5, 0.6) is 23.0 Å². The lowest BCUT2D eigenvalue weighted by atomic mass is 9.99. The van der Waals surface area contributed by atoms with E-state index in [9.17, 15) is 20.4 Å². The van der Waals surface area contributed by atoms with Gasteiger partial charge in [0.15, 0.2) is 11.5 Å². The van der Waals surface area contributed by atoms with Crippen LogP contribution in [0.1, 0.15) is 11.1 Å². The van der Waals surface area contributed by atoms with Crippen LogP contribution < -0.4 is 18.9 Å². The Balaban J connectivity index is 1.82. The van der Waals surface area contributed by atoms with Crippen LogP contribution in [-0.4, -0.2) is 79.1 Å². The van der Waals surface area contributed by atoms with Crippen LogP contribution in [0.2, 0.25) is 0 Å². The molecule has 0 saturated carbocycles. The Morgan fingerprint density at radius 3 is 2.12 bits per heavy atom. The van der Waals surface area contributed by atoms with Crippen LogP contribution in [0.25, 0.3) is 12.2 Å².